The van der Waals surface area contributed by atoms with Gasteiger partial charge in [0.1, 0.15) is 5.82 Å². The minimum atomic E-state index is -0.184. The van der Waals surface area contributed by atoms with Gasteiger partial charge in [0, 0.05) is 18.1 Å². The topological polar surface area (TPSA) is 29.3 Å². The van der Waals surface area contributed by atoms with Crippen LogP contribution in [-0.2, 0) is 0 Å². The number of halogens is 1. The van der Waals surface area contributed by atoms with Gasteiger partial charge in [0.2, 0.25) is 0 Å². The first-order valence-electron chi connectivity index (χ1n) is 7.36. The van der Waals surface area contributed by atoms with Crippen molar-refractivity contribution in [3.05, 3.63) is 35.6 Å². The van der Waals surface area contributed by atoms with Gasteiger partial charge in [-0.3, -0.25) is 4.90 Å². The van der Waals surface area contributed by atoms with E-state index in [0.717, 1.165) is 12.0 Å². The van der Waals surface area contributed by atoms with Crippen molar-refractivity contribution in [3.8, 4) is 0 Å². The van der Waals surface area contributed by atoms with Crippen LogP contribution in [0.5, 0.6) is 0 Å². The average molecular weight is 264 g/mol. The largest absolute Gasteiger partial charge is 0.326 e. The lowest BCUT2D eigenvalue weighted by molar-refractivity contribution is 0.150. The number of likely N-dealkylation sites (N-methyl/N-ethyl adjacent to an activating group) is 1. The predicted molar refractivity (Wildman–Crippen MR) is 77.4 cm³/mol. The van der Waals surface area contributed by atoms with E-state index in [2.05, 4.69) is 18.9 Å². The molecule has 1 fully saturated rings. The normalized spacial score (nSPS) is 19.8. The van der Waals surface area contributed by atoms with Crippen LogP contribution in [0.1, 0.15) is 50.6 Å². The molecule has 1 aromatic rings. The minimum Gasteiger partial charge on any atom is -0.326 e. The molecule has 0 heterocycles. The SMILES string of the molecule is CCC(N)C(c1ccc(F)cc1)N(C)C1CCCC1. The van der Waals surface area contributed by atoms with Crippen molar-refractivity contribution in [3.63, 3.8) is 0 Å². The second-order valence-electron chi connectivity index (χ2n) is 5.67. The van der Waals surface area contributed by atoms with Crippen molar-refractivity contribution in [2.45, 2.75) is 57.2 Å². The van der Waals surface area contributed by atoms with Crippen LogP contribution >= 0.6 is 0 Å². The summed E-state index contributed by atoms with van der Waals surface area (Å²) in [5.41, 5.74) is 7.45. The highest BCUT2D eigenvalue weighted by atomic mass is 19.1. The summed E-state index contributed by atoms with van der Waals surface area (Å²) in [7, 11) is 2.17. The van der Waals surface area contributed by atoms with E-state index >= 15 is 0 Å². The summed E-state index contributed by atoms with van der Waals surface area (Å²) in [6, 6.07) is 7.72. The molecule has 1 aliphatic rings. The highest BCUT2D eigenvalue weighted by molar-refractivity contribution is 5.22. The van der Waals surface area contributed by atoms with E-state index in [1.165, 1.54) is 37.8 Å². The van der Waals surface area contributed by atoms with E-state index < -0.39 is 0 Å². The van der Waals surface area contributed by atoms with Gasteiger partial charge >= 0.3 is 0 Å². The Bertz CT molecular complexity index is 384. The van der Waals surface area contributed by atoms with Gasteiger partial charge < -0.3 is 5.73 Å². The zero-order valence-electron chi connectivity index (χ0n) is 12.0. The second kappa shape index (κ2) is 6.49. The molecule has 2 N–H and O–H groups in total. The molecular weight excluding hydrogens is 239 g/mol. The van der Waals surface area contributed by atoms with Gasteiger partial charge in [0.15, 0.2) is 0 Å². The van der Waals surface area contributed by atoms with Crippen molar-refractivity contribution < 1.29 is 4.39 Å². The molecule has 2 rings (SSSR count). The van der Waals surface area contributed by atoms with Gasteiger partial charge in [-0.2, -0.15) is 0 Å². The van der Waals surface area contributed by atoms with Crippen molar-refractivity contribution in [2.75, 3.05) is 7.05 Å². The van der Waals surface area contributed by atoms with E-state index in [4.69, 9.17) is 5.73 Å². The number of benzene rings is 1. The molecule has 0 bridgehead atoms. The van der Waals surface area contributed by atoms with Crippen molar-refractivity contribution in [1.82, 2.24) is 4.90 Å². The molecule has 106 valence electrons. The molecule has 0 aromatic heterocycles. The Labute approximate surface area is 115 Å². The van der Waals surface area contributed by atoms with Crippen LogP contribution in [0.2, 0.25) is 0 Å². The molecule has 0 spiro atoms. The Morgan fingerprint density at radius 1 is 1.26 bits per heavy atom. The molecule has 19 heavy (non-hydrogen) atoms. The van der Waals surface area contributed by atoms with E-state index in [-0.39, 0.29) is 17.9 Å². The molecule has 0 amide bonds. The molecule has 1 aromatic carbocycles. The zero-order chi connectivity index (χ0) is 13.8. The number of hydrogen-bond acceptors (Lipinski definition) is 2. The van der Waals surface area contributed by atoms with Crippen LogP contribution < -0.4 is 5.73 Å². The number of nitrogens with zero attached hydrogens (tertiary/aromatic N) is 1. The summed E-state index contributed by atoms with van der Waals surface area (Å²) in [5, 5.41) is 0. The molecule has 0 aliphatic heterocycles. The van der Waals surface area contributed by atoms with Crippen LogP contribution in [-0.4, -0.2) is 24.0 Å². The Balaban J connectivity index is 2.21. The third kappa shape index (κ3) is 3.34. The maximum Gasteiger partial charge on any atom is 0.123 e. The van der Waals surface area contributed by atoms with Crippen LogP contribution in [0.15, 0.2) is 24.3 Å². The molecule has 3 heteroatoms. The van der Waals surface area contributed by atoms with Crippen LogP contribution in [0.3, 0.4) is 0 Å². The van der Waals surface area contributed by atoms with E-state index in [0.29, 0.717) is 6.04 Å². The van der Waals surface area contributed by atoms with E-state index in [1.54, 1.807) is 0 Å². The molecule has 0 saturated heterocycles. The van der Waals surface area contributed by atoms with Crippen LogP contribution in [0.25, 0.3) is 0 Å². The first kappa shape index (κ1) is 14.5. The van der Waals surface area contributed by atoms with E-state index in [9.17, 15) is 4.39 Å². The van der Waals surface area contributed by atoms with Gasteiger partial charge in [-0.25, -0.2) is 4.39 Å². The van der Waals surface area contributed by atoms with Gasteiger partial charge in [-0.1, -0.05) is 31.9 Å². The highest BCUT2D eigenvalue weighted by Crippen LogP contribution is 2.32. The number of rotatable bonds is 5. The molecule has 2 unspecified atom stereocenters. The molecular formula is C16H25FN2. The first-order valence-corrected chi connectivity index (χ1v) is 7.36. The smallest absolute Gasteiger partial charge is 0.123 e. The molecule has 2 nitrogen and oxygen atoms in total. The fourth-order valence-corrected chi connectivity index (χ4v) is 3.21. The Morgan fingerprint density at radius 2 is 1.84 bits per heavy atom. The Hall–Kier alpha value is -0.930. The maximum absolute atomic E-state index is 13.1. The first-order chi connectivity index (χ1) is 9.13. The lowest BCUT2D eigenvalue weighted by Gasteiger charge is -2.37. The second-order valence-corrected chi connectivity index (χ2v) is 5.67. The number of hydrogen-bond donors (Lipinski definition) is 1. The van der Waals surface area contributed by atoms with Crippen molar-refractivity contribution in [2.24, 2.45) is 5.73 Å². The summed E-state index contributed by atoms with van der Waals surface area (Å²) in [6.07, 6.45) is 6.06. The summed E-state index contributed by atoms with van der Waals surface area (Å²) in [4.78, 5) is 2.41. The van der Waals surface area contributed by atoms with E-state index in [1.807, 2.05) is 12.1 Å². The number of nitrogens with two attached hydrogens (primary N) is 1. The molecule has 2 atom stereocenters. The summed E-state index contributed by atoms with van der Waals surface area (Å²) in [5.74, 6) is -0.184. The fraction of sp³-hybridized carbons (Fsp3) is 0.625. The minimum absolute atomic E-state index is 0.0936. The third-order valence-electron chi connectivity index (χ3n) is 4.43. The average Bonchev–Trinajstić information content (AvgIpc) is 2.95. The predicted octanol–water partition coefficient (Wildman–Crippen LogP) is 3.48. The van der Waals surface area contributed by atoms with Gasteiger partial charge in [-0.15, -0.1) is 0 Å². The summed E-state index contributed by atoms with van der Waals surface area (Å²) < 4.78 is 13.1. The molecule has 0 radical (unpaired) electrons. The van der Waals surface area contributed by atoms with Crippen LogP contribution in [0.4, 0.5) is 4.39 Å². The van der Waals surface area contributed by atoms with Gasteiger partial charge in [0.25, 0.3) is 0 Å². The Morgan fingerprint density at radius 3 is 2.37 bits per heavy atom. The van der Waals surface area contributed by atoms with Gasteiger partial charge in [-0.05, 0) is 44.0 Å². The fourth-order valence-electron chi connectivity index (χ4n) is 3.21. The van der Waals surface area contributed by atoms with Crippen molar-refractivity contribution >= 4 is 0 Å². The lowest BCUT2D eigenvalue weighted by atomic mass is 9.95. The monoisotopic (exact) mass is 264 g/mol. The third-order valence-corrected chi connectivity index (χ3v) is 4.43. The Kier molecular flexibility index (Phi) is 4.94. The van der Waals surface area contributed by atoms with Crippen LogP contribution in [0, 0.1) is 5.82 Å². The molecule has 1 aliphatic carbocycles. The quantitative estimate of drug-likeness (QED) is 0.882. The maximum atomic E-state index is 13.1. The summed E-state index contributed by atoms with van der Waals surface area (Å²) in [6.45, 7) is 2.11. The lowest BCUT2D eigenvalue weighted by Crippen LogP contribution is -2.43. The standard InChI is InChI=1S/C16H25FN2/c1-3-15(18)16(12-8-10-13(17)11-9-12)19(2)14-6-4-5-7-14/h8-11,14-16H,3-7,18H2,1-2H3. The highest BCUT2D eigenvalue weighted by Gasteiger charge is 2.29. The molecule has 1 saturated carbocycles. The van der Waals surface area contributed by atoms with Crippen molar-refractivity contribution in [1.29, 1.82) is 0 Å². The summed E-state index contributed by atoms with van der Waals surface area (Å²) >= 11 is 0. The van der Waals surface area contributed by atoms with Gasteiger partial charge in [0.05, 0.1) is 0 Å². The zero-order valence-corrected chi connectivity index (χ0v) is 12.0.